The molecular formula is C25H21F4N5O2. The lowest BCUT2D eigenvalue weighted by atomic mass is 10.0. The van der Waals surface area contributed by atoms with Crippen LogP contribution >= 0.6 is 0 Å². The van der Waals surface area contributed by atoms with E-state index in [0.29, 0.717) is 46.9 Å². The molecule has 1 unspecified atom stereocenters. The molecule has 3 N–H and O–H groups in total. The second-order valence-corrected chi connectivity index (χ2v) is 8.77. The van der Waals surface area contributed by atoms with Crippen LogP contribution in [-0.2, 0) is 24.4 Å². The summed E-state index contributed by atoms with van der Waals surface area (Å²) >= 11 is 0. The minimum Gasteiger partial charge on any atom is -0.383 e. The van der Waals surface area contributed by atoms with Crippen molar-refractivity contribution in [3.05, 3.63) is 70.9 Å². The normalized spacial score (nSPS) is 14.4. The average molecular weight is 499 g/mol. The van der Waals surface area contributed by atoms with Gasteiger partial charge in [-0.3, -0.25) is 4.79 Å². The second kappa shape index (κ2) is 8.30. The van der Waals surface area contributed by atoms with Crippen LogP contribution in [0.2, 0.25) is 0 Å². The molecule has 0 saturated heterocycles. The van der Waals surface area contributed by atoms with Crippen molar-refractivity contribution in [2.75, 3.05) is 17.2 Å². The highest BCUT2D eigenvalue weighted by Gasteiger charge is 2.35. The number of fused-ring (bicyclic) bond motifs is 2. The standard InChI is InChI=1S/C25H21F4N5O2/c1-12-31-22(30)20-18(11-33(2)23(20)32-12)13-3-4-19-14(7-13)5-6-34(19)24(36)21(35)15-8-16(25(27,28)29)10-17(26)9-15/h3-4,7-11,21,35H,5-6H2,1-2H3,(H2,30,31,32). The van der Waals surface area contributed by atoms with E-state index in [0.717, 1.165) is 22.8 Å². The van der Waals surface area contributed by atoms with Crippen LogP contribution in [0.3, 0.4) is 0 Å². The Labute approximate surface area is 202 Å². The van der Waals surface area contributed by atoms with Crippen LogP contribution in [0.25, 0.3) is 22.2 Å². The van der Waals surface area contributed by atoms with E-state index in [2.05, 4.69) is 9.97 Å². The number of carbonyl (C=O) groups is 1. The summed E-state index contributed by atoms with van der Waals surface area (Å²) in [6, 6.07) is 7.02. The van der Waals surface area contributed by atoms with Crippen molar-refractivity contribution in [3.8, 4) is 11.1 Å². The maximum absolute atomic E-state index is 13.8. The highest BCUT2D eigenvalue weighted by atomic mass is 19.4. The first kappa shape index (κ1) is 23.7. The number of nitrogens with two attached hydrogens (primary N) is 1. The van der Waals surface area contributed by atoms with Crippen LogP contribution in [0.15, 0.2) is 42.6 Å². The molecule has 7 nitrogen and oxygen atoms in total. The van der Waals surface area contributed by atoms with E-state index in [9.17, 15) is 27.5 Å². The Morgan fingerprint density at radius 3 is 2.64 bits per heavy atom. The van der Waals surface area contributed by atoms with E-state index in [1.807, 2.05) is 23.9 Å². The Balaban J connectivity index is 1.47. The molecular weight excluding hydrogens is 478 g/mol. The number of aliphatic hydroxyl groups excluding tert-OH is 1. The summed E-state index contributed by atoms with van der Waals surface area (Å²) in [4.78, 5) is 23.0. The van der Waals surface area contributed by atoms with Crippen LogP contribution in [0.1, 0.15) is 28.6 Å². The van der Waals surface area contributed by atoms with Gasteiger partial charge in [0.2, 0.25) is 0 Å². The molecule has 1 atom stereocenters. The lowest BCUT2D eigenvalue weighted by Crippen LogP contribution is -2.33. The Morgan fingerprint density at radius 1 is 1.17 bits per heavy atom. The van der Waals surface area contributed by atoms with Crippen LogP contribution in [0, 0.1) is 12.7 Å². The van der Waals surface area contributed by atoms with E-state index in [1.54, 1.807) is 19.1 Å². The molecule has 5 rings (SSSR count). The molecule has 3 heterocycles. The van der Waals surface area contributed by atoms with E-state index in [1.165, 1.54) is 4.90 Å². The number of rotatable bonds is 3. The molecule has 0 radical (unpaired) electrons. The molecule has 0 aliphatic carbocycles. The number of hydrogen-bond donors (Lipinski definition) is 2. The second-order valence-electron chi connectivity index (χ2n) is 8.77. The summed E-state index contributed by atoms with van der Waals surface area (Å²) in [6.07, 6.45) is -4.41. The SMILES string of the molecule is Cc1nc(N)c2c(-c3ccc4c(c3)CCN4C(=O)C(O)c3cc(F)cc(C(F)(F)F)c3)cn(C)c2n1. The molecule has 36 heavy (non-hydrogen) atoms. The van der Waals surface area contributed by atoms with Crippen LogP contribution in [0.5, 0.6) is 0 Å². The zero-order valence-corrected chi connectivity index (χ0v) is 19.3. The van der Waals surface area contributed by atoms with Gasteiger partial charge in [-0.25, -0.2) is 14.4 Å². The number of benzene rings is 2. The first-order chi connectivity index (χ1) is 16.9. The predicted molar refractivity (Wildman–Crippen MR) is 126 cm³/mol. The maximum Gasteiger partial charge on any atom is 0.416 e. The molecule has 1 aliphatic heterocycles. The van der Waals surface area contributed by atoms with Gasteiger partial charge in [0.25, 0.3) is 5.91 Å². The third-order valence-corrected chi connectivity index (χ3v) is 6.31. The van der Waals surface area contributed by atoms with Gasteiger partial charge in [-0.2, -0.15) is 13.2 Å². The van der Waals surface area contributed by atoms with Gasteiger partial charge in [0.15, 0.2) is 6.10 Å². The third-order valence-electron chi connectivity index (χ3n) is 6.31. The van der Waals surface area contributed by atoms with Gasteiger partial charge in [0.1, 0.15) is 23.1 Å². The number of nitrogens with zero attached hydrogens (tertiary/aromatic N) is 4. The summed E-state index contributed by atoms with van der Waals surface area (Å²) < 4.78 is 54.9. The van der Waals surface area contributed by atoms with Crippen molar-refractivity contribution in [3.63, 3.8) is 0 Å². The topological polar surface area (TPSA) is 97.3 Å². The molecule has 1 aliphatic rings. The number of carbonyl (C=O) groups excluding carboxylic acids is 1. The lowest BCUT2D eigenvalue weighted by Gasteiger charge is -2.22. The van der Waals surface area contributed by atoms with Crippen LogP contribution in [-0.4, -0.2) is 32.1 Å². The fourth-order valence-electron chi connectivity index (χ4n) is 4.65. The minimum atomic E-state index is -4.81. The number of aryl methyl sites for hydroxylation is 2. The number of nitrogen functional groups attached to an aromatic ring is 1. The van der Waals surface area contributed by atoms with Gasteiger partial charge in [-0.15, -0.1) is 0 Å². The van der Waals surface area contributed by atoms with Gasteiger partial charge in [0.05, 0.1) is 10.9 Å². The van der Waals surface area contributed by atoms with Crippen molar-refractivity contribution >= 4 is 28.4 Å². The van der Waals surface area contributed by atoms with Gasteiger partial charge < -0.3 is 20.3 Å². The number of aliphatic hydroxyl groups is 1. The first-order valence-electron chi connectivity index (χ1n) is 11.0. The molecule has 0 fully saturated rings. The molecule has 11 heteroatoms. The number of hydrogen-bond acceptors (Lipinski definition) is 5. The number of alkyl halides is 3. The smallest absolute Gasteiger partial charge is 0.383 e. The molecule has 2 aromatic carbocycles. The van der Waals surface area contributed by atoms with E-state index in [-0.39, 0.29) is 6.54 Å². The van der Waals surface area contributed by atoms with Crippen molar-refractivity contribution in [1.29, 1.82) is 0 Å². The average Bonchev–Trinajstić information content (AvgIpc) is 3.38. The monoisotopic (exact) mass is 499 g/mol. The molecule has 2 aromatic heterocycles. The third kappa shape index (κ3) is 3.95. The minimum absolute atomic E-state index is 0.218. The van der Waals surface area contributed by atoms with Crippen molar-refractivity contribution in [2.45, 2.75) is 25.6 Å². The number of aromatic nitrogens is 3. The van der Waals surface area contributed by atoms with Gasteiger partial charge in [-0.05, 0) is 60.4 Å². The van der Waals surface area contributed by atoms with E-state index < -0.39 is 35.1 Å². The quantitative estimate of drug-likeness (QED) is 0.410. The predicted octanol–water partition coefficient (Wildman–Crippen LogP) is 4.31. The molecule has 0 bridgehead atoms. The molecule has 186 valence electrons. The Morgan fingerprint density at radius 2 is 1.92 bits per heavy atom. The summed E-state index contributed by atoms with van der Waals surface area (Å²) in [6.45, 7) is 1.97. The molecule has 1 amide bonds. The highest BCUT2D eigenvalue weighted by Crippen LogP contribution is 2.38. The van der Waals surface area contributed by atoms with Gasteiger partial charge in [0, 0.05) is 31.0 Å². The highest BCUT2D eigenvalue weighted by molar-refractivity contribution is 6.02. The van der Waals surface area contributed by atoms with Crippen LogP contribution < -0.4 is 10.6 Å². The summed E-state index contributed by atoms with van der Waals surface area (Å²) in [5.41, 5.74) is 8.11. The summed E-state index contributed by atoms with van der Waals surface area (Å²) in [7, 11) is 1.85. The molecule has 0 saturated carbocycles. The van der Waals surface area contributed by atoms with Crippen molar-refractivity contribution in [1.82, 2.24) is 14.5 Å². The number of halogens is 4. The Bertz CT molecular complexity index is 1530. The lowest BCUT2D eigenvalue weighted by molar-refractivity contribution is -0.138. The Hall–Kier alpha value is -3.99. The van der Waals surface area contributed by atoms with E-state index >= 15 is 0 Å². The molecule has 4 aromatic rings. The molecule has 0 spiro atoms. The largest absolute Gasteiger partial charge is 0.416 e. The zero-order chi connectivity index (χ0) is 25.9. The van der Waals surface area contributed by atoms with Gasteiger partial charge >= 0.3 is 6.18 Å². The van der Waals surface area contributed by atoms with Gasteiger partial charge in [-0.1, -0.05) is 6.07 Å². The summed E-state index contributed by atoms with van der Waals surface area (Å²) in [5, 5.41) is 11.2. The fourth-order valence-corrected chi connectivity index (χ4v) is 4.65. The zero-order valence-electron chi connectivity index (χ0n) is 19.3. The fraction of sp³-hybridized carbons (Fsp3) is 0.240. The Kier molecular flexibility index (Phi) is 5.47. The van der Waals surface area contributed by atoms with Crippen molar-refractivity contribution < 1.29 is 27.5 Å². The number of amides is 1. The first-order valence-corrected chi connectivity index (χ1v) is 11.0. The van der Waals surface area contributed by atoms with E-state index in [4.69, 9.17) is 5.73 Å². The summed E-state index contributed by atoms with van der Waals surface area (Å²) in [5.74, 6) is -1.12. The van der Waals surface area contributed by atoms with Crippen LogP contribution in [0.4, 0.5) is 29.1 Å². The number of anilines is 2. The maximum atomic E-state index is 13.8. The van der Waals surface area contributed by atoms with Crippen molar-refractivity contribution in [2.24, 2.45) is 7.05 Å².